The van der Waals surface area contributed by atoms with Crippen LogP contribution in [0.5, 0.6) is 0 Å². The van der Waals surface area contributed by atoms with Gasteiger partial charge in [-0.3, -0.25) is 9.59 Å². The van der Waals surface area contributed by atoms with Crippen LogP contribution in [-0.4, -0.2) is 35.6 Å². The first-order valence-corrected chi connectivity index (χ1v) is 5.86. The number of rotatable bonds is 4. The van der Waals surface area contributed by atoms with Crippen molar-refractivity contribution in [1.82, 2.24) is 10.6 Å². The molecule has 90 valence electrons. The molecule has 1 amide bonds. The molecule has 2 rings (SSSR count). The van der Waals surface area contributed by atoms with E-state index in [9.17, 15) is 9.59 Å². The van der Waals surface area contributed by atoms with Gasteiger partial charge in [-0.25, -0.2) is 0 Å². The Hall–Kier alpha value is -1.10. The molecule has 5 nitrogen and oxygen atoms in total. The average Bonchev–Trinajstić information content (AvgIpc) is 2.66. The number of hydrogen-bond acceptors (Lipinski definition) is 3. The zero-order chi connectivity index (χ0) is 11.6. The lowest BCUT2D eigenvalue weighted by atomic mass is 9.74. The maximum Gasteiger partial charge on any atom is 0.305 e. The minimum Gasteiger partial charge on any atom is -0.481 e. The maximum atomic E-state index is 11.9. The summed E-state index contributed by atoms with van der Waals surface area (Å²) in [6.07, 6.45) is 3.51. The fourth-order valence-corrected chi connectivity index (χ4v) is 2.48. The molecule has 0 spiro atoms. The Bertz CT molecular complexity index is 294. The van der Waals surface area contributed by atoms with Crippen LogP contribution < -0.4 is 10.6 Å². The van der Waals surface area contributed by atoms with Crippen LogP contribution in [0.1, 0.15) is 32.1 Å². The number of amides is 1. The average molecular weight is 226 g/mol. The van der Waals surface area contributed by atoms with Crippen molar-refractivity contribution in [3.8, 4) is 0 Å². The van der Waals surface area contributed by atoms with Crippen LogP contribution in [0.25, 0.3) is 0 Å². The van der Waals surface area contributed by atoms with E-state index in [0.717, 1.165) is 38.8 Å². The Kier molecular flexibility index (Phi) is 3.14. The van der Waals surface area contributed by atoms with E-state index in [4.69, 9.17) is 5.11 Å². The summed E-state index contributed by atoms with van der Waals surface area (Å²) in [6.45, 7) is 1.60. The van der Waals surface area contributed by atoms with Gasteiger partial charge in [-0.1, -0.05) is 0 Å². The highest BCUT2D eigenvalue weighted by molar-refractivity contribution is 5.81. The van der Waals surface area contributed by atoms with Gasteiger partial charge in [-0.15, -0.1) is 0 Å². The van der Waals surface area contributed by atoms with E-state index >= 15 is 0 Å². The third-order valence-corrected chi connectivity index (χ3v) is 3.62. The smallest absolute Gasteiger partial charge is 0.305 e. The number of carboxylic acid groups (broad SMARTS) is 1. The van der Waals surface area contributed by atoms with Gasteiger partial charge in [0, 0.05) is 6.54 Å². The van der Waals surface area contributed by atoms with Crippen molar-refractivity contribution >= 4 is 11.9 Å². The van der Waals surface area contributed by atoms with Gasteiger partial charge in [0.05, 0.1) is 17.9 Å². The van der Waals surface area contributed by atoms with Crippen LogP contribution in [0, 0.1) is 5.92 Å². The first kappa shape index (κ1) is 11.4. The molecule has 1 aliphatic heterocycles. The lowest BCUT2D eigenvalue weighted by molar-refractivity contribution is -0.140. The second-order valence-electron chi connectivity index (χ2n) is 4.88. The zero-order valence-corrected chi connectivity index (χ0v) is 9.29. The Morgan fingerprint density at radius 1 is 1.44 bits per heavy atom. The summed E-state index contributed by atoms with van der Waals surface area (Å²) in [5, 5.41) is 14.9. The van der Waals surface area contributed by atoms with Crippen LogP contribution in [0.15, 0.2) is 0 Å². The fraction of sp³-hybridized carbons (Fsp3) is 0.818. The van der Waals surface area contributed by atoms with Crippen molar-refractivity contribution in [2.75, 3.05) is 13.1 Å². The Morgan fingerprint density at radius 2 is 2.19 bits per heavy atom. The number of carbonyl (C=O) groups excluding carboxylic acids is 1. The van der Waals surface area contributed by atoms with E-state index in [1.165, 1.54) is 0 Å². The number of carbonyl (C=O) groups is 2. The standard InChI is InChI=1S/C11H18N2O3/c14-9(15)6-11(3-1-4-11)13-10(16)8-2-5-12-7-8/h8,12H,1-7H2,(H,13,16)(H,14,15). The van der Waals surface area contributed by atoms with Gasteiger partial charge < -0.3 is 15.7 Å². The summed E-state index contributed by atoms with van der Waals surface area (Å²) in [6, 6.07) is 0. The molecule has 1 saturated carbocycles. The predicted molar refractivity (Wildman–Crippen MR) is 58.0 cm³/mol. The molecule has 0 radical (unpaired) electrons. The van der Waals surface area contributed by atoms with Gasteiger partial charge in [-0.05, 0) is 32.2 Å². The number of hydrogen-bond donors (Lipinski definition) is 3. The molecule has 1 saturated heterocycles. The monoisotopic (exact) mass is 226 g/mol. The molecule has 3 N–H and O–H groups in total. The van der Waals surface area contributed by atoms with Gasteiger partial charge in [-0.2, -0.15) is 0 Å². The van der Waals surface area contributed by atoms with E-state index in [1.807, 2.05) is 0 Å². The van der Waals surface area contributed by atoms with Gasteiger partial charge in [0.15, 0.2) is 0 Å². The molecule has 0 aromatic heterocycles. The molecule has 0 aromatic rings. The number of nitrogens with one attached hydrogen (secondary N) is 2. The quantitative estimate of drug-likeness (QED) is 0.635. The van der Waals surface area contributed by atoms with Gasteiger partial charge >= 0.3 is 5.97 Å². The SMILES string of the molecule is O=C(O)CC1(NC(=O)C2CCNC2)CCC1. The van der Waals surface area contributed by atoms with Crippen molar-refractivity contribution in [3.63, 3.8) is 0 Å². The van der Waals surface area contributed by atoms with Crippen molar-refractivity contribution < 1.29 is 14.7 Å². The number of aliphatic carboxylic acids is 1. The van der Waals surface area contributed by atoms with E-state index in [1.54, 1.807) is 0 Å². The second-order valence-corrected chi connectivity index (χ2v) is 4.88. The van der Waals surface area contributed by atoms with E-state index in [0.29, 0.717) is 0 Å². The Balaban J connectivity index is 1.90. The molecule has 0 bridgehead atoms. The fourth-order valence-electron chi connectivity index (χ4n) is 2.48. The summed E-state index contributed by atoms with van der Waals surface area (Å²) < 4.78 is 0. The summed E-state index contributed by atoms with van der Waals surface area (Å²) in [5.74, 6) is -0.790. The minimum absolute atomic E-state index is 0.0194. The molecule has 2 fully saturated rings. The van der Waals surface area contributed by atoms with Crippen LogP contribution in [-0.2, 0) is 9.59 Å². The Morgan fingerprint density at radius 3 is 2.62 bits per heavy atom. The highest BCUT2D eigenvalue weighted by atomic mass is 16.4. The third-order valence-electron chi connectivity index (χ3n) is 3.62. The van der Waals surface area contributed by atoms with Gasteiger partial charge in [0.25, 0.3) is 0 Å². The van der Waals surface area contributed by atoms with Crippen molar-refractivity contribution in [2.45, 2.75) is 37.6 Å². The number of carboxylic acids is 1. The van der Waals surface area contributed by atoms with Gasteiger partial charge in [0.2, 0.25) is 5.91 Å². The molecule has 16 heavy (non-hydrogen) atoms. The first-order chi connectivity index (χ1) is 7.61. The Labute approximate surface area is 94.6 Å². The van der Waals surface area contributed by atoms with Crippen molar-refractivity contribution in [1.29, 1.82) is 0 Å². The van der Waals surface area contributed by atoms with Crippen LogP contribution in [0.2, 0.25) is 0 Å². The normalized spacial score (nSPS) is 27.1. The highest BCUT2D eigenvalue weighted by Gasteiger charge is 2.41. The zero-order valence-electron chi connectivity index (χ0n) is 9.29. The topological polar surface area (TPSA) is 78.4 Å². The highest BCUT2D eigenvalue weighted by Crippen LogP contribution is 2.35. The third kappa shape index (κ3) is 2.35. The van der Waals surface area contributed by atoms with Gasteiger partial charge in [0.1, 0.15) is 0 Å². The second kappa shape index (κ2) is 4.41. The molecule has 5 heteroatoms. The summed E-state index contributed by atoms with van der Waals surface area (Å²) >= 11 is 0. The maximum absolute atomic E-state index is 11.9. The van der Waals surface area contributed by atoms with Crippen LogP contribution >= 0.6 is 0 Å². The van der Waals surface area contributed by atoms with E-state index < -0.39 is 11.5 Å². The van der Waals surface area contributed by atoms with Crippen LogP contribution in [0.4, 0.5) is 0 Å². The molecule has 1 heterocycles. The lowest BCUT2D eigenvalue weighted by Gasteiger charge is -2.42. The van der Waals surface area contributed by atoms with E-state index in [2.05, 4.69) is 10.6 Å². The molecular formula is C11H18N2O3. The van der Waals surface area contributed by atoms with Crippen LogP contribution in [0.3, 0.4) is 0 Å². The lowest BCUT2D eigenvalue weighted by Crippen LogP contribution is -2.56. The van der Waals surface area contributed by atoms with Crippen molar-refractivity contribution in [2.24, 2.45) is 5.92 Å². The van der Waals surface area contributed by atoms with E-state index in [-0.39, 0.29) is 18.2 Å². The summed E-state index contributed by atoms with van der Waals surface area (Å²) in [7, 11) is 0. The molecule has 1 unspecified atom stereocenters. The largest absolute Gasteiger partial charge is 0.481 e. The predicted octanol–water partition coefficient (Wildman–Crippen LogP) is 0.109. The molecular weight excluding hydrogens is 208 g/mol. The molecule has 1 aliphatic carbocycles. The van der Waals surface area contributed by atoms with Crippen molar-refractivity contribution in [3.05, 3.63) is 0 Å². The summed E-state index contributed by atoms with van der Waals surface area (Å²) in [5.41, 5.74) is -0.453. The molecule has 0 aromatic carbocycles. The molecule has 2 aliphatic rings. The first-order valence-electron chi connectivity index (χ1n) is 5.86. The molecule has 1 atom stereocenters. The summed E-state index contributed by atoms with van der Waals surface area (Å²) in [4.78, 5) is 22.6. The minimum atomic E-state index is -0.829.